The molecule has 0 N–H and O–H groups in total. The molecule has 0 radical (unpaired) electrons. The highest BCUT2D eigenvalue weighted by Crippen LogP contribution is 2.30. The van der Waals surface area contributed by atoms with Crippen LogP contribution in [-0.2, 0) is 6.54 Å². The van der Waals surface area contributed by atoms with Crippen molar-refractivity contribution in [3.05, 3.63) is 66.0 Å². The molecule has 3 heterocycles. The van der Waals surface area contributed by atoms with Gasteiger partial charge in [-0.05, 0) is 61.0 Å². The highest BCUT2D eigenvalue weighted by atomic mass is 15.1. The number of aromatic nitrogens is 2. The van der Waals surface area contributed by atoms with Crippen molar-refractivity contribution < 1.29 is 0 Å². The number of fused-ring (bicyclic) bond motifs is 1. The summed E-state index contributed by atoms with van der Waals surface area (Å²) in [5, 5.41) is 1.27. The number of benzene rings is 1. The normalized spacial score (nSPS) is 16.6. The fraction of sp³-hybridized carbons (Fsp3) is 0.435. The topological polar surface area (TPSA) is 21.1 Å². The van der Waals surface area contributed by atoms with Gasteiger partial charge in [0, 0.05) is 30.9 Å². The van der Waals surface area contributed by atoms with Gasteiger partial charge in [0.05, 0.1) is 0 Å². The average Bonchev–Trinajstić information content (AvgIpc) is 3.05. The van der Waals surface area contributed by atoms with Gasteiger partial charge in [-0.1, -0.05) is 44.2 Å². The number of piperidine rings is 1. The first-order valence-electron chi connectivity index (χ1n) is 9.90. The number of pyridine rings is 1. The maximum atomic E-state index is 4.83. The van der Waals surface area contributed by atoms with Crippen LogP contribution in [0, 0.1) is 5.92 Å². The zero-order valence-electron chi connectivity index (χ0n) is 15.9. The van der Waals surface area contributed by atoms with Crippen molar-refractivity contribution in [3.63, 3.8) is 0 Å². The summed E-state index contributed by atoms with van der Waals surface area (Å²) >= 11 is 0. The molecule has 0 saturated carbocycles. The standard InChI is InChI=1S/C23H29N3/c1-18(2)16-25-11-8-20(9-12-25)22-14-21-10-13-26(23(21)24-15-22)17-19-6-4-3-5-7-19/h3-7,10,13-15,18,20H,8-9,11-12,16-17H2,1-2H3. The van der Waals surface area contributed by atoms with Gasteiger partial charge in [0.2, 0.25) is 0 Å². The van der Waals surface area contributed by atoms with Crippen molar-refractivity contribution in [2.45, 2.75) is 39.2 Å². The van der Waals surface area contributed by atoms with Crippen LogP contribution in [0.5, 0.6) is 0 Å². The summed E-state index contributed by atoms with van der Waals surface area (Å²) in [6.07, 6.45) is 6.79. The van der Waals surface area contributed by atoms with Crippen LogP contribution in [0.2, 0.25) is 0 Å². The first-order chi connectivity index (χ1) is 12.7. The fourth-order valence-corrected chi connectivity index (χ4v) is 4.19. The third-order valence-electron chi connectivity index (χ3n) is 5.50. The van der Waals surface area contributed by atoms with Crippen molar-refractivity contribution >= 4 is 11.0 Å². The summed E-state index contributed by atoms with van der Waals surface area (Å²) < 4.78 is 2.25. The zero-order valence-corrected chi connectivity index (χ0v) is 15.9. The van der Waals surface area contributed by atoms with Crippen molar-refractivity contribution in [2.75, 3.05) is 19.6 Å². The number of rotatable bonds is 5. The first kappa shape index (κ1) is 17.3. The Labute approximate surface area is 156 Å². The number of hydrogen-bond donors (Lipinski definition) is 0. The Morgan fingerprint density at radius 2 is 1.85 bits per heavy atom. The first-order valence-corrected chi connectivity index (χ1v) is 9.90. The molecule has 4 rings (SSSR count). The molecule has 3 nitrogen and oxygen atoms in total. The SMILES string of the molecule is CC(C)CN1CCC(c2cnc3c(ccn3Cc3ccccc3)c2)CC1. The Bertz CT molecular complexity index is 842. The molecule has 0 unspecified atom stereocenters. The molecule has 0 spiro atoms. The van der Waals surface area contributed by atoms with Crippen LogP contribution in [0.3, 0.4) is 0 Å². The molecule has 1 fully saturated rings. The molecule has 3 heteroatoms. The molecular weight excluding hydrogens is 318 g/mol. The van der Waals surface area contributed by atoms with Crippen LogP contribution < -0.4 is 0 Å². The molecule has 0 bridgehead atoms. The largest absolute Gasteiger partial charge is 0.328 e. The molecule has 2 aromatic heterocycles. The number of likely N-dealkylation sites (tertiary alicyclic amines) is 1. The lowest BCUT2D eigenvalue weighted by Gasteiger charge is -2.33. The summed E-state index contributed by atoms with van der Waals surface area (Å²) in [6.45, 7) is 9.16. The minimum Gasteiger partial charge on any atom is -0.328 e. The van der Waals surface area contributed by atoms with Crippen molar-refractivity contribution in [1.82, 2.24) is 14.5 Å². The third-order valence-corrected chi connectivity index (χ3v) is 5.50. The van der Waals surface area contributed by atoms with Gasteiger partial charge >= 0.3 is 0 Å². The van der Waals surface area contributed by atoms with E-state index in [0.29, 0.717) is 5.92 Å². The number of hydrogen-bond acceptors (Lipinski definition) is 2. The van der Waals surface area contributed by atoms with E-state index in [-0.39, 0.29) is 0 Å². The van der Waals surface area contributed by atoms with Gasteiger partial charge in [-0.3, -0.25) is 0 Å². The highest BCUT2D eigenvalue weighted by molar-refractivity contribution is 5.77. The van der Waals surface area contributed by atoms with E-state index in [0.717, 1.165) is 18.1 Å². The molecule has 0 aliphatic carbocycles. The van der Waals surface area contributed by atoms with E-state index in [1.165, 1.54) is 49.0 Å². The molecule has 0 amide bonds. The summed E-state index contributed by atoms with van der Waals surface area (Å²) in [7, 11) is 0. The summed E-state index contributed by atoms with van der Waals surface area (Å²) in [4.78, 5) is 7.44. The molecule has 26 heavy (non-hydrogen) atoms. The Hall–Kier alpha value is -2.13. The summed E-state index contributed by atoms with van der Waals surface area (Å²) in [6, 6.07) is 15.2. The fourth-order valence-electron chi connectivity index (χ4n) is 4.19. The van der Waals surface area contributed by atoms with E-state index in [9.17, 15) is 0 Å². The van der Waals surface area contributed by atoms with Gasteiger partial charge in [-0.2, -0.15) is 0 Å². The van der Waals surface area contributed by atoms with Gasteiger partial charge in [0.25, 0.3) is 0 Å². The third kappa shape index (κ3) is 3.83. The van der Waals surface area contributed by atoms with Crippen LogP contribution in [0.4, 0.5) is 0 Å². The molecule has 0 atom stereocenters. The summed E-state index contributed by atoms with van der Waals surface area (Å²) in [5.74, 6) is 1.42. The zero-order chi connectivity index (χ0) is 17.9. The van der Waals surface area contributed by atoms with E-state index >= 15 is 0 Å². The predicted molar refractivity (Wildman–Crippen MR) is 109 cm³/mol. The molecule has 1 aliphatic heterocycles. The van der Waals surface area contributed by atoms with Crippen LogP contribution in [0.25, 0.3) is 11.0 Å². The van der Waals surface area contributed by atoms with Gasteiger partial charge < -0.3 is 9.47 Å². The lowest BCUT2D eigenvalue weighted by atomic mass is 9.90. The second kappa shape index (κ2) is 7.63. The van der Waals surface area contributed by atoms with Crippen LogP contribution >= 0.6 is 0 Å². The average molecular weight is 348 g/mol. The van der Waals surface area contributed by atoms with Crippen LogP contribution in [0.15, 0.2) is 54.9 Å². The smallest absolute Gasteiger partial charge is 0.140 e. The molecule has 1 aromatic carbocycles. The van der Waals surface area contributed by atoms with Crippen LogP contribution in [0.1, 0.15) is 43.7 Å². The lowest BCUT2D eigenvalue weighted by molar-refractivity contribution is 0.192. The van der Waals surface area contributed by atoms with E-state index in [1.54, 1.807) is 0 Å². The maximum Gasteiger partial charge on any atom is 0.140 e. The van der Waals surface area contributed by atoms with E-state index in [1.807, 2.05) is 0 Å². The lowest BCUT2D eigenvalue weighted by Crippen LogP contribution is -2.35. The minimum atomic E-state index is 0.660. The second-order valence-electron chi connectivity index (χ2n) is 8.08. The van der Waals surface area contributed by atoms with Gasteiger partial charge in [0.1, 0.15) is 5.65 Å². The van der Waals surface area contributed by atoms with Gasteiger partial charge in [0.15, 0.2) is 0 Å². The Morgan fingerprint density at radius 1 is 1.08 bits per heavy atom. The van der Waals surface area contributed by atoms with Crippen LogP contribution in [-0.4, -0.2) is 34.1 Å². The number of nitrogens with zero attached hydrogens (tertiary/aromatic N) is 3. The highest BCUT2D eigenvalue weighted by Gasteiger charge is 2.21. The Kier molecular flexibility index (Phi) is 5.07. The molecule has 136 valence electrons. The molecule has 1 saturated heterocycles. The Morgan fingerprint density at radius 3 is 2.58 bits per heavy atom. The maximum absolute atomic E-state index is 4.83. The monoisotopic (exact) mass is 347 g/mol. The van der Waals surface area contributed by atoms with Crippen molar-refractivity contribution in [1.29, 1.82) is 0 Å². The quantitative estimate of drug-likeness (QED) is 0.653. The minimum absolute atomic E-state index is 0.660. The Balaban J connectivity index is 1.47. The second-order valence-corrected chi connectivity index (χ2v) is 8.08. The summed E-state index contributed by atoms with van der Waals surface area (Å²) in [5.41, 5.74) is 3.82. The van der Waals surface area contributed by atoms with Gasteiger partial charge in [-0.25, -0.2) is 4.98 Å². The van der Waals surface area contributed by atoms with Crippen molar-refractivity contribution in [2.24, 2.45) is 5.92 Å². The van der Waals surface area contributed by atoms with Crippen molar-refractivity contribution in [3.8, 4) is 0 Å². The predicted octanol–water partition coefficient (Wildman–Crippen LogP) is 4.92. The molecular formula is C23H29N3. The van der Waals surface area contributed by atoms with E-state index < -0.39 is 0 Å². The van der Waals surface area contributed by atoms with E-state index in [2.05, 4.69) is 78.2 Å². The van der Waals surface area contributed by atoms with E-state index in [4.69, 9.17) is 4.98 Å². The van der Waals surface area contributed by atoms with Gasteiger partial charge in [-0.15, -0.1) is 0 Å². The molecule has 3 aromatic rings. The molecule has 1 aliphatic rings.